The second-order valence-corrected chi connectivity index (χ2v) is 5.70. The topological polar surface area (TPSA) is 18.5 Å². The van der Waals surface area contributed by atoms with Gasteiger partial charge in [-0.25, -0.2) is 0 Å². The van der Waals surface area contributed by atoms with Crippen molar-refractivity contribution in [1.29, 1.82) is 0 Å². The van der Waals surface area contributed by atoms with Crippen LogP contribution in [0.5, 0.6) is 0 Å². The van der Waals surface area contributed by atoms with Crippen LogP contribution in [0, 0.1) is 0 Å². The van der Waals surface area contributed by atoms with E-state index >= 15 is 0 Å². The lowest BCUT2D eigenvalue weighted by atomic mass is 10.0. The van der Waals surface area contributed by atoms with Gasteiger partial charge in [-0.1, -0.05) is 28.1 Å². The largest absolute Gasteiger partial charge is 0.375 e. The molecule has 0 bridgehead atoms. The minimum atomic E-state index is 0.314. The van der Waals surface area contributed by atoms with Gasteiger partial charge < -0.3 is 9.47 Å². The van der Waals surface area contributed by atoms with Gasteiger partial charge in [0.1, 0.15) is 0 Å². The summed E-state index contributed by atoms with van der Waals surface area (Å²) in [5.41, 5.74) is 1.22. The van der Waals surface area contributed by atoms with Crippen molar-refractivity contribution in [1.82, 2.24) is 0 Å². The molecule has 2 atom stereocenters. The Morgan fingerprint density at radius 2 is 1.76 bits per heavy atom. The highest BCUT2D eigenvalue weighted by atomic mass is 79.9. The molecule has 2 nitrogen and oxygen atoms in total. The van der Waals surface area contributed by atoms with Gasteiger partial charge in [0.15, 0.2) is 0 Å². The van der Waals surface area contributed by atoms with Crippen molar-refractivity contribution >= 4 is 15.9 Å². The van der Waals surface area contributed by atoms with Crippen LogP contribution in [0.2, 0.25) is 0 Å². The summed E-state index contributed by atoms with van der Waals surface area (Å²) < 4.78 is 12.8. The monoisotopic (exact) mass is 298 g/mol. The van der Waals surface area contributed by atoms with E-state index in [9.17, 15) is 0 Å². The van der Waals surface area contributed by atoms with E-state index in [4.69, 9.17) is 9.47 Å². The van der Waals surface area contributed by atoms with E-state index in [1.165, 1.54) is 5.56 Å². The van der Waals surface area contributed by atoms with E-state index in [1.807, 2.05) is 12.1 Å². The third-order valence-corrected chi connectivity index (χ3v) is 3.58. The van der Waals surface area contributed by atoms with Gasteiger partial charge in [0.25, 0.3) is 0 Å². The molecule has 1 aliphatic rings. The molecule has 1 aromatic rings. The van der Waals surface area contributed by atoms with Crippen LogP contribution in [-0.2, 0) is 16.1 Å². The van der Waals surface area contributed by atoms with E-state index in [0.717, 1.165) is 17.3 Å². The molecule has 0 N–H and O–H groups in total. The maximum atomic E-state index is 5.95. The molecule has 0 spiro atoms. The third-order valence-electron chi connectivity index (χ3n) is 3.05. The molecule has 2 rings (SSSR count). The average molecular weight is 299 g/mol. The highest BCUT2D eigenvalue weighted by Gasteiger charge is 2.24. The Hall–Kier alpha value is -0.380. The van der Waals surface area contributed by atoms with E-state index in [1.54, 1.807) is 0 Å². The van der Waals surface area contributed by atoms with Gasteiger partial charge in [0.05, 0.1) is 24.9 Å². The van der Waals surface area contributed by atoms with Crippen LogP contribution in [0.4, 0.5) is 0 Å². The van der Waals surface area contributed by atoms with E-state index < -0.39 is 0 Å². The molecule has 94 valence electrons. The molecule has 0 saturated carbocycles. The highest BCUT2D eigenvalue weighted by molar-refractivity contribution is 9.10. The Balaban J connectivity index is 1.83. The quantitative estimate of drug-likeness (QED) is 0.842. The first-order valence-corrected chi connectivity index (χ1v) is 6.94. The van der Waals surface area contributed by atoms with Crippen LogP contribution in [0.25, 0.3) is 0 Å². The van der Waals surface area contributed by atoms with Gasteiger partial charge in [-0.05, 0) is 44.4 Å². The molecule has 0 aliphatic carbocycles. The third kappa shape index (κ3) is 4.09. The van der Waals surface area contributed by atoms with Gasteiger partial charge in [0.2, 0.25) is 0 Å². The SMILES string of the molecule is CC1CC(OCc2ccc(Br)cc2)CC(C)O1. The second kappa shape index (κ2) is 5.98. The van der Waals surface area contributed by atoms with Crippen molar-refractivity contribution < 1.29 is 9.47 Å². The molecule has 1 fully saturated rings. The standard InChI is InChI=1S/C14H19BrO2/c1-10-7-14(8-11(2)17-10)16-9-12-3-5-13(15)6-4-12/h3-6,10-11,14H,7-9H2,1-2H3. The van der Waals surface area contributed by atoms with Gasteiger partial charge in [-0.15, -0.1) is 0 Å². The molecule has 1 saturated heterocycles. The first kappa shape index (κ1) is 13.1. The lowest BCUT2D eigenvalue weighted by molar-refractivity contribution is -0.106. The lowest BCUT2D eigenvalue weighted by Crippen LogP contribution is -2.33. The minimum Gasteiger partial charge on any atom is -0.375 e. The van der Waals surface area contributed by atoms with Gasteiger partial charge in [0, 0.05) is 4.47 Å². The van der Waals surface area contributed by atoms with Crippen molar-refractivity contribution in [3.8, 4) is 0 Å². The smallest absolute Gasteiger partial charge is 0.0720 e. The summed E-state index contributed by atoms with van der Waals surface area (Å²) >= 11 is 3.43. The summed E-state index contributed by atoms with van der Waals surface area (Å²) in [5.74, 6) is 0. The summed E-state index contributed by atoms with van der Waals surface area (Å²) in [4.78, 5) is 0. The number of hydrogen-bond acceptors (Lipinski definition) is 2. The lowest BCUT2D eigenvalue weighted by Gasteiger charge is -2.32. The van der Waals surface area contributed by atoms with Crippen LogP contribution in [-0.4, -0.2) is 18.3 Å². The molecular weight excluding hydrogens is 280 g/mol. The van der Waals surface area contributed by atoms with Crippen molar-refractivity contribution in [2.75, 3.05) is 0 Å². The minimum absolute atomic E-state index is 0.314. The molecular formula is C14H19BrO2. The predicted molar refractivity (Wildman–Crippen MR) is 72.0 cm³/mol. The van der Waals surface area contributed by atoms with Crippen molar-refractivity contribution in [2.24, 2.45) is 0 Å². The van der Waals surface area contributed by atoms with Gasteiger partial charge >= 0.3 is 0 Å². The average Bonchev–Trinajstić information content (AvgIpc) is 2.27. The molecule has 0 radical (unpaired) electrons. The Bertz CT molecular complexity index is 340. The van der Waals surface area contributed by atoms with E-state index in [0.29, 0.717) is 24.9 Å². The molecule has 1 aromatic carbocycles. The molecule has 1 heterocycles. The maximum Gasteiger partial charge on any atom is 0.0720 e. The summed E-state index contributed by atoms with van der Waals surface area (Å²) in [6.45, 7) is 4.93. The fourth-order valence-electron chi connectivity index (χ4n) is 2.28. The summed E-state index contributed by atoms with van der Waals surface area (Å²) in [6.07, 6.45) is 2.96. The highest BCUT2D eigenvalue weighted by Crippen LogP contribution is 2.22. The van der Waals surface area contributed by atoms with E-state index in [2.05, 4.69) is 41.9 Å². The Labute approximate surface area is 111 Å². The van der Waals surface area contributed by atoms with Crippen LogP contribution in [0.3, 0.4) is 0 Å². The Morgan fingerprint density at radius 1 is 1.18 bits per heavy atom. The zero-order valence-electron chi connectivity index (χ0n) is 10.4. The van der Waals surface area contributed by atoms with Crippen molar-refractivity contribution in [3.63, 3.8) is 0 Å². The first-order valence-electron chi connectivity index (χ1n) is 6.15. The Kier molecular flexibility index (Phi) is 4.60. The molecule has 3 heteroatoms. The number of ether oxygens (including phenoxy) is 2. The molecule has 2 unspecified atom stereocenters. The molecule has 0 aromatic heterocycles. The Morgan fingerprint density at radius 3 is 2.35 bits per heavy atom. The summed E-state index contributed by atoms with van der Waals surface area (Å²) in [5, 5.41) is 0. The zero-order valence-corrected chi connectivity index (χ0v) is 11.9. The van der Waals surface area contributed by atoms with Gasteiger partial charge in [-0.2, -0.15) is 0 Å². The van der Waals surface area contributed by atoms with Crippen LogP contribution < -0.4 is 0 Å². The summed E-state index contributed by atoms with van der Waals surface area (Å²) in [7, 11) is 0. The number of benzene rings is 1. The fraction of sp³-hybridized carbons (Fsp3) is 0.571. The maximum absolute atomic E-state index is 5.95. The number of halogens is 1. The van der Waals surface area contributed by atoms with Crippen molar-refractivity contribution in [2.45, 2.75) is 51.6 Å². The second-order valence-electron chi connectivity index (χ2n) is 4.79. The normalized spacial score (nSPS) is 29.2. The first-order chi connectivity index (χ1) is 8.13. The fourth-order valence-corrected chi connectivity index (χ4v) is 2.54. The zero-order chi connectivity index (χ0) is 12.3. The van der Waals surface area contributed by atoms with E-state index in [-0.39, 0.29) is 0 Å². The summed E-state index contributed by atoms with van der Waals surface area (Å²) in [6, 6.07) is 8.29. The van der Waals surface area contributed by atoms with Crippen molar-refractivity contribution in [3.05, 3.63) is 34.3 Å². The van der Waals surface area contributed by atoms with Crippen LogP contribution >= 0.6 is 15.9 Å². The molecule has 17 heavy (non-hydrogen) atoms. The van der Waals surface area contributed by atoms with Gasteiger partial charge in [-0.3, -0.25) is 0 Å². The number of hydrogen-bond donors (Lipinski definition) is 0. The number of rotatable bonds is 3. The van der Waals surface area contributed by atoms with Crippen LogP contribution in [0.15, 0.2) is 28.7 Å². The predicted octanol–water partition coefficient (Wildman–Crippen LogP) is 3.92. The van der Waals surface area contributed by atoms with Crippen LogP contribution in [0.1, 0.15) is 32.3 Å². The molecule has 0 amide bonds. The molecule has 1 aliphatic heterocycles.